The van der Waals surface area contributed by atoms with Crippen LogP contribution in [0.25, 0.3) is 6.08 Å². The highest BCUT2D eigenvalue weighted by atomic mass is 35.5. The van der Waals surface area contributed by atoms with Crippen LogP contribution in [0.3, 0.4) is 0 Å². The molecule has 4 rings (SSSR count). The Hall–Kier alpha value is -4.23. The average Bonchev–Trinajstić information content (AvgIpc) is 2.80. The van der Waals surface area contributed by atoms with E-state index in [4.69, 9.17) is 11.6 Å². The van der Waals surface area contributed by atoms with Gasteiger partial charge in [-0.25, -0.2) is 15.0 Å². The average molecular weight is 457 g/mol. The molecule has 7 nitrogen and oxygen atoms in total. The number of aryl methyl sites for hydroxylation is 1. The molecule has 0 saturated heterocycles. The summed E-state index contributed by atoms with van der Waals surface area (Å²) in [4.78, 5) is 24.9. The Morgan fingerprint density at radius 1 is 0.818 bits per heavy atom. The van der Waals surface area contributed by atoms with Crippen molar-refractivity contribution in [2.45, 2.75) is 6.92 Å². The molecule has 0 spiro atoms. The number of halogens is 1. The molecule has 0 bridgehead atoms. The van der Waals surface area contributed by atoms with Gasteiger partial charge in [0.05, 0.1) is 0 Å². The van der Waals surface area contributed by atoms with Gasteiger partial charge in [-0.15, -0.1) is 0 Å². The van der Waals surface area contributed by atoms with E-state index >= 15 is 0 Å². The molecule has 0 saturated carbocycles. The first kappa shape index (κ1) is 22.0. The van der Waals surface area contributed by atoms with Gasteiger partial charge < -0.3 is 16.0 Å². The lowest BCUT2D eigenvalue weighted by molar-refractivity contribution is -0.111. The molecule has 2 aromatic heterocycles. The number of carbonyl (C=O) groups excluding carboxylic acids is 1. The van der Waals surface area contributed by atoms with Gasteiger partial charge in [-0.2, -0.15) is 0 Å². The maximum absolute atomic E-state index is 12.2. The molecule has 2 heterocycles. The van der Waals surface area contributed by atoms with Gasteiger partial charge in [-0.05, 0) is 72.7 Å². The summed E-state index contributed by atoms with van der Waals surface area (Å²) in [5, 5.41) is 9.88. The number of hydrogen-bond donors (Lipinski definition) is 3. The van der Waals surface area contributed by atoms with Gasteiger partial charge in [0.15, 0.2) is 0 Å². The quantitative estimate of drug-likeness (QED) is 0.296. The highest BCUT2D eigenvalue weighted by molar-refractivity contribution is 6.30. The van der Waals surface area contributed by atoms with E-state index in [1.807, 2.05) is 55.5 Å². The third kappa shape index (κ3) is 6.62. The third-order valence-electron chi connectivity index (χ3n) is 4.56. The monoisotopic (exact) mass is 456 g/mol. The van der Waals surface area contributed by atoms with Crippen LogP contribution < -0.4 is 16.0 Å². The van der Waals surface area contributed by atoms with E-state index in [0.717, 1.165) is 16.8 Å². The highest BCUT2D eigenvalue weighted by Crippen LogP contribution is 2.20. The predicted molar refractivity (Wildman–Crippen MR) is 133 cm³/mol. The maximum atomic E-state index is 12.2. The Morgan fingerprint density at radius 3 is 2.21 bits per heavy atom. The summed E-state index contributed by atoms with van der Waals surface area (Å²) >= 11 is 5.87. The molecule has 0 atom stereocenters. The number of rotatable bonds is 7. The summed E-state index contributed by atoms with van der Waals surface area (Å²) in [6, 6.07) is 20.2. The van der Waals surface area contributed by atoms with Gasteiger partial charge in [0.25, 0.3) is 0 Å². The molecule has 1 amide bonds. The van der Waals surface area contributed by atoms with E-state index in [2.05, 4.69) is 30.9 Å². The summed E-state index contributed by atoms with van der Waals surface area (Å²) in [7, 11) is 0. The maximum Gasteiger partial charge on any atom is 0.248 e. The van der Waals surface area contributed by atoms with Crippen LogP contribution in [0.4, 0.5) is 28.8 Å². The molecular formula is C25H21ClN6O. The zero-order valence-corrected chi connectivity index (χ0v) is 18.5. The van der Waals surface area contributed by atoms with E-state index in [1.54, 1.807) is 30.5 Å². The molecule has 3 N–H and O–H groups in total. The van der Waals surface area contributed by atoms with Crippen molar-refractivity contribution >= 4 is 52.4 Å². The fourth-order valence-electron chi connectivity index (χ4n) is 2.94. The van der Waals surface area contributed by atoms with Crippen LogP contribution >= 0.6 is 11.6 Å². The Balaban J connectivity index is 1.34. The topological polar surface area (TPSA) is 91.8 Å². The molecular weight excluding hydrogens is 436 g/mol. The van der Waals surface area contributed by atoms with E-state index in [0.29, 0.717) is 28.2 Å². The van der Waals surface area contributed by atoms with Crippen molar-refractivity contribution < 1.29 is 4.79 Å². The first-order chi connectivity index (χ1) is 16.0. The van der Waals surface area contributed by atoms with Gasteiger partial charge >= 0.3 is 0 Å². The van der Waals surface area contributed by atoms with E-state index in [1.165, 1.54) is 12.4 Å². The molecule has 0 unspecified atom stereocenters. The lowest BCUT2D eigenvalue weighted by atomic mass is 10.2. The first-order valence-electron chi connectivity index (χ1n) is 10.2. The van der Waals surface area contributed by atoms with Crippen LogP contribution in [0.15, 0.2) is 85.3 Å². The van der Waals surface area contributed by atoms with Gasteiger partial charge in [-0.3, -0.25) is 4.79 Å². The molecule has 2 aromatic carbocycles. The minimum atomic E-state index is -0.220. The van der Waals surface area contributed by atoms with Crippen molar-refractivity contribution in [1.82, 2.24) is 15.0 Å². The standard InChI is InChI=1S/C25H21ClN6O/c1-17-12-13-27-22(14-17)32-24-15-23(28-16-29-24)30-20-7-9-21(10-8-20)31-25(33)11-4-18-2-5-19(26)6-3-18/h2-16H,1H3,(H,31,33)(H2,27,28,29,30,32)/b11-4+. The van der Waals surface area contributed by atoms with Crippen molar-refractivity contribution in [3.05, 3.63) is 101 Å². The lowest BCUT2D eigenvalue weighted by Crippen LogP contribution is -2.07. The number of benzene rings is 2. The van der Waals surface area contributed by atoms with Crippen molar-refractivity contribution in [3.8, 4) is 0 Å². The van der Waals surface area contributed by atoms with Crippen molar-refractivity contribution in [1.29, 1.82) is 0 Å². The van der Waals surface area contributed by atoms with Crippen LogP contribution in [-0.2, 0) is 4.79 Å². The Labute approximate surface area is 196 Å². The van der Waals surface area contributed by atoms with Gasteiger partial charge in [0.1, 0.15) is 23.8 Å². The first-order valence-corrected chi connectivity index (χ1v) is 10.5. The van der Waals surface area contributed by atoms with Crippen LogP contribution in [0.5, 0.6) is 0 Å². The summed E-state index contributed by atoms with van der Waals surface area (Å²) in [6.45, 7) is 2.00. The number of nitrogens with zero attached hydrogens (tertiary/aromatic N) is 3. The van der Waals surface area contributed by atoms with Crippen LogP contribution in [-0.4, -0.2) is 20.9 Å². The van der Waals surface area contributed by atoms with Gasteiger partial charge in [0, 0.05) is 34.7 Å². The minimum Gasteiger partial charge on any atom is -0.340 e. The molecule has 164 valence electrons. The molecule has 0 aliphatic heterocycles. The van der Waals surface area contributed by atoms with E-state index in [-0.39, 0.29) is 5.91 Å². The predicted octanol–water partition coefficient (Wildman–Crippen LogP) is 5.97. The number of anilines is 5. The SMILES string of the molecule is Cc1ccnc(Nc2cc(Nc3ccc(NC(=O)/C=C/c4ccc(Cl)cc4)cc3)ncn2)c1. The molecule has 4 aromatic rings. The fraction of sp³-hybridized carbons (Fsp3) is 0.0400. The van der Waals surface area contributed by atoms with Crippen molar-refractivity contribution in [2.75, 3.05) is 16.0 Å². The highest BCUT2D eigenvalue weighted by Gasteiger charge is 2.03. The number of carbonyl (C=O) groups is 1. The molecule has 0 aliphatic carbocycles. The molecule has 0 aliphatic rings. The lowest BCUT2D eigenvalue weighted by Gasteiger charge is -2.09. The second kappa shape index (κ2) is 10.4. The van der Waals surface area contributed by atoms with E-state index in [9.17, 15) is 4.79 Å². The van der Waals surface area contributed by atoms with Crippen LogP contribution in [0.1, 0.15) is 11.1 Å². The summed E-state index contributed by atoms with van der Waals surface area (Å²) in [5.41, 5.74) is 3.50. The number of pyridine rings is 1. The number of nitrogens with one attached hydrogen (secondary N) is 3. The number of amides is 1. The number of aromatic nitrogens is 3. The molecule has 0 radical (unpaired) electrons. The second-order valence-electron chi connectivity index (χ2n) is 7.21. The molecule has 33 heavy (non-hydrogen) atoms. The zero-order chi connectivity index (χ0) is 23.0. The second-order valence-corrected chi connectivity index (χ2v) is 7.64. The molecule has 0 fully saturated rings. The Bertz CT molecular complexity index is 1270. The van der Waals surface area contributed by atoms with Gasteiger partial charge in [0.2, 0.25) is 5.91 Å². The normalized spacial score (nSPS) is 10.7. The third-order valence-corrected chi connectivity index (χ3v) is 4.81. The summed E-state index contributed by atoms with van der Waals surface area (Å²) in [6.07, 6.45) is 6.43. The van der Waals surface area contributed by atoms with E-state index < -0.39 is 0 Å². The van der Waals surface area contributed by atoms with Crippen LogP contribution in [0.2, 0.25) is 5.02 Å². The minimum absolute atomic E-state index is 0.220. The van der Waals surface area contributed by atoms with Crippen molar-refractivity contribution in [2.24, 2.45) is 0 Å². The Kier molecular flexibility index (Phi) is 6.92. The van der Waals surface area contributed by atoms with Gasteiger partial charge in [-0.1, -0.05) is 23.7 Å². The molecule has 8 heteroatoms. The fourth-order valence-corrected chi connectivity index (χ4v) is 3.07. The smallest absolute Gasteiger partial charge is 0.248 e. The summed E-state index contributed by atoms with van der Waals surface area (Å²) < 4.78 is 0. The van der Waals surface area contributed by atoms with Crippen molar-refractivity contribution in [3.63, 3.8) is 0 Å². The van der Waals surface area contributed by atoms with Crippen LogP contribution in [0, 0.1) is 6.92 Å². The largest absolute Gasteiger partial charge is 0.340 e. The zero-order valence-electron chi connectivity index (χ0n) is 17.8. The Morgan fingerprint density at radius 2 is 1.48 bits per heavy atom. The number of hydrogen-bond acceptors (Lipinski definition) is 6. The summed E-state index contributed by atoms with van der Waals surface area (Å²) in [5.74, 6) is 1.75.